The van der Waals surface area contributed by atoms with E-state index in [4.69, 9.17) is 0 Å². The summed E-state index contributed by atoms with van der Waals surface area (Å²) in [6.07, 6.45) is 3.79. The summed E-state index contributed by atoms with van der Waals surface area (Å²) in [7, 11) is 5.37. The molecular weight excluding hydrogens is 98.0 g/mol. The minimum absolute atomic E-state index is 1.24. The van der Waals surface area contributed by atoms with E-state index in [0.29, 0.717) is 0 Å². The van der Waals surface area contributed by atoms with Gasteiger partial charge in [0, 0.05) is 0 Å². The molecule has 2 heteroatoms. The fraction of sp³-hybridized carbons (Fsp3) is 1.00. The minimum atomic E-state index is 1.24. The first-order chi connectivity index (χ1) is 2.41. The molecule has 0 spiro atoms. The van der Waals surface area contributed by atoms with Crippen molar-refractivity contribution in [3.05, 3.63) is 0 Å². The summed E-state index contributed by atoms with van der Waals surface area (Å²) in [5.74, 6) is 0. The van der Waals surface area contributed by atoms with Gasteiger partial charge in [0.1, 0.15) is 0 Å². The van der Waals surface area contributed by atoms with E-state index in [2.05, 4.69) is 18.5 Å². The maximum Gasteiger partial charge on any atom is -0.0378 e. The molecule has 5 heavy (non-hydrogen) atoms. The van der Waals surface area contributed by atoms with E-state index in [-0.39, 0.29) is 0 Å². The SMILES string of the molecule is PCCCP. The van der Waals surface area contributed by atoms with Crippen LogP contribution in [0.4, 0.5) is 0 Å². The van der Waals surface area contributed by atoms with Crippen molar-refractivity contribution >= 4 is 18.5 Å². The normalized spacial score (nSPS) is 8.40. The van der Waals surface area contributed by atoms with Gasteiger partial charge in [-0.2, -0.15) is 0 Å². The molecule has 0 nitrogen and oxygen atoms in total. The maximum atomic E-state index is 2.69. The molecule has 0 aliphatic carbocycles. The topological polar surface area (TPSA) is 0 Å². The van der Waals surface area contributed by atoms with E-state index in [1.165, 1.54) is 18.7 Å². The van der Waals surface area contributed by atoms with Crippen LogP contribution in [0.1, 0.15) is 6.42 Å². The van der Waals surface area contributed by atoms with Gasteiger partial charge in [0.25, 0.3) is 0 Å². The van der Waals surface area contributed by atoms with Crippen LogP contribution in [-0.4, -0.2) is 12.3 Å². The zero-order valence-corrected chi connectivity index (χ0v) is 5.59. The molecule has 0 N–H and O–H groups in total. The molecular formula is C3H10P2. The van der Waals surface area contributed by atoms with Gasteiger partial charge in [0.15, 0.2) is 0 Å². The van der Waals surface area contributed by atoms with Crippen molar-refractivity contribution in [2.75, 3.05) is 12.3 Å². The zero-order valence-electron chi connectivity index (χ0n) is 3.28. The Bertz CT molecular complexity index is 12.4. The van der Waals surface area contributed by atoms with Crippen LogP contribution in [0.25, 0.3) is 0 Å². The predicted octanol–water partition coefficient (Wildman–Crippen LogP) is 1.13. The summed E-state index contributed by atoms with van der Waals surface area (Å²) < 4.78 is 0. The lowest BCUT2D eigenvalue weighted by atomic mass is 10.6. The first-order valence-electron chi connectivity index (χ1n) is 1.82. The van der Waals surface area contributed by atoms with Gasteiger partial charge in [0.2, 0.25) is 0 Å². The van der Waals surface area contributed by atoms with Crippen LogP contribution in [0.3, 0.4) is 0 Å². The van der Waals surface area contributed by atoms with Gasteiger partial charge in [0.05, 0.1) is 0 Å². The van der Waals surface area contributed by atoms with Crippen molar-refractivity contribution in [1.29, 1.82) is 0 Å². The number of hydrogen-bond acceptors (Lipinski definition) is 0. The van der Waals surface area contributed by atoms with E-state index in [9.17, 15) is 0 Å². The Morgan fingerprint density at radius 2 is 1.40 bits per heavy atom. The summed E-state index contributed by atoms with van der Waals surface area (Å²) >= 11 is 0. The summed E-state index contributed by atoms with van der Waals surface area (Å²) in [4.78, 5) is 0. The second-order valence-electron chi connectivity index (χ2n) is 0.931. The van der Waals surface area contributed by atoms with Gasteiger partial charge in [-0.05, 0) is 18.7 Å². The zero-order chi connectivity index (χ0) is 4.12. The van der Waals surface area contributed by atoms with E-state index in [1.807, 2.05) is 0 Å². The quantitative estimate of drug-likeness (QED) is 0.465. The van der Waals surface area contributed by atoms with Crippen LogP contribution < -0.4 is 0 Å². The monoisotopic (exact) mass is 108 g/mol. The van der Waals surface area contributed by atoms with Crippen LogP contribution in [0.2, 0.25) is 0 Å². The minimum Gasteiger partial charge on any atom is -0.138 e. The van der Waals surface area contributed by atoms with E-state index in [0.717, 1.165) is 0 Å². The molecule has 0 saturated carbocycles. The van der Waals surface area contributed by atoms with Crippen LogP contribution in [-0.2, 0) is 0 Å². The number of rotatable bonds is 2. The van der Waals surface area contributed by atoms with Gasteiger partial charge in [-0.15, -0.1) is 18.5 Å². The smallest absolute Gasteiger partial charge is 0.0378 e. The standard InChI is InChI=1S/C3H10P2/c4-2-1-3-5/h1-5H2. The van der Waals surface area contributed by atoms with Gasteiger partial charge in [-0.3, -0.25) is 0 Å². The largest absolute Gasteiger partial charge is 0.138 e. The lowest BCUT2D eigenvalue weighted by molar-refractivity contribution is 1.13. The Hall–Kier alpha value is 0.860. The molecule has 0 fully saturated rings. The second kappa shape index (κ2) is 4.86. The van der Waals surface area contributed by atoms with Crippen LogP contribution in [0, 0.1) is 0 Å². The molecule has 2 unspecified atom stereocenters. The molecule has 0 amide bonds. The third kappa shape index (κ3) is 4.86. The molecule has 0 aromatic rings. The summed E-state index contributed by atoms with van der Waals surface area (Å²) in [5, 5.41) is 0. The third-order valence-electron chi connectivity index (χ3n) is 0.408. The van der Waals surface area contributed by atoms with Crippen LogP contribution >= 0.6 is 18.5 Å². The van der Waals surface area contributed by atoms with Crippen molar-refractivity contribution in [1.82, 2.24) is 0 Å². The molecule has 0 aliphatic rings. The maximum absolute atomic E-state index is 2.69. The Kier molecular flexibility index (Phi) is 5.70. The third-order valence-corrected chi connectivity index (χ3v) is 1.22. The van der Waals surface area contributed by atoms with Crippen LogP contribution in [0.5, 0.6) is 0 Å². The highest BCUT2D eigenvalue weighted by Gasteiger charge is 1.68. The molecule has 0 aromatic carbocycles. The van der Waals surface area contributed by atoms with Crippen molar-refractivity contribution in [3.8, 4) is 0 Å². The van der Waals surface area contributed by atoms with Crippen molar-refractivity contribution in [3.63, 3.8) is 0 Å². The van der Waals surface area contributed by atoms with E-state index in [1.54, 1.807) is 0 Å². The fourth-order valence-electron chi connectivity index (χ4n) is 0.118. The molecule has 32 valence electrons. The van der Waals surface area contributed by atoms with Crippen molar-refractivity contribution in [2.45, 2.75) is 6.42 Å². The van der Waals surface area contributed by atoms with Gasteiger partial charge < -0.3 is 0 Å². The van der Waals surface area contributed by atoms with Crippen molar-refractivity contribution < 1.29 is 0 Å². The van der Waals surface area contributed by atoms with Gasteiger partial charge >= 0.3 is 0 Å². The lowest BCUT2D eigenvalue weighted by Gasteiger charge is -1.79. The summed E-state index contributed by atoms with van der Waals surface area (Å²) in [6, 6.07) is 0. The van der Waals surface area contributed by atoms with Crippen LogP contribution in [0.15, 0.2) is 0 Å². The molecule has 2 atom stereocenters. The Morgan fingerprint density at radius 3 is 1.40 bits per heavy atom. The van der Waals surface area contributed by atoms with Gasteiger partial charge in [-0.25, -0.2) is 0 Å². The average molecular weight is 108 g/mol. The van der Waals surface area contributed by atoms with E-state index >= 15 is 0 Å². The van der Waals surface area contributed by atoms with Crippen molar-refractivity contribution in [2.24, 2.45) is 0 Å². The van der Waals surface area contributed by atoms with Gasteiger partial charge in [-0.1, -0.05) is 0 Å². The predicted molar refractivity (Wildman–Crippen MR) is 33.8 cm³/mol. The molecule has 0 heterocycles. The lowest BCUT2D eigenvalue weighted by Crippen LogP contribution is -1.69. The number of hydrogen-bond donors (Lipinski definition) is 0. The molecule has 0 aliphatic heterocycles. The Balaban J connectivity index is 2.19. The highest BCUT2D eigenvalue weighted by molar-refractivity contribution is 7.17. The first kappa shape index (κ1) is 5.86. The molecule has 0 saturated heterocycles. The molecule has 0 aromatic heterocycles. The average Bonchev–Trinajstić information content (AvgIpc) is 1.41. The summed E-state index contributed by atoms with van der Waals surface area (Å²) in [5.41, 5.74) is 0. The summed E-state index contributed by atoms with van der Waals surface area (Å²) in [6.45, 7) is 0. The fourth-order valence-corrected chi connectivity index (χ4v) is 1.06. The van der Waals surface area contributed by atoms with E-state index < -0.39 is 0 Å². The second-order valence-corrected chi connectivity index (χ2v) is 2.09. The highest BCUT2D eigenvalue weighted by Crippen LogP contribution is 1.90. The molecule has 0 radical (unpaired) electrons. The first-order valence-corrected chi connectivity index (χ1v) is 3.45. The molecule has 0 rings (SSSR count). The Morgan fingerprint density at radius 1 is 1.00 bits per heavy atom. The highest BCUT2D eigenvalue weighted by atomic mass is 31.0. The molecule has 0 bridgehead atoms. The Labute approximate surface area is 38.1 Å².